The quantitative estimate of drug-likeness (QED) is 0.365. The highest BCUT2D eigenvalue weighted by molar-refractivity contribution is 6.33. The molecular weight excluding hydrogens is 418 g/mol. The molecule has 0 saturated heterocycles. The van der Waals surface area contributed by atoms with Crippen LogP contribution in [0.1, 0.15) is 15.9 Å². The van der Waals surface area contributed by atoms with Crippen molar-refractivity contribution in [2.75, 3.05) is 29.5 Å². The van der Waals surface area contributed by atoms with E-state index in [0.717, 1.165) is 12.0 Å². The number of nitrogens with one attached hydrogen (secondary N) is 4. The number of carbonyl (C=O) groups is 2. The zero-order chi connectivity index (χ0) is 22.2. The molecule has 1 aromatic heterocycles. The highest BCUT2D eigenvalue weighted by atomic mass is 35.5. The third kappa shape index (κ3) is 6.06. The SMILES string of the molecule is CNC(=O)Nc1cc(Nc2ncc(C(N)=O)c(NCCc3ccccc3)n2)ccc1Cl. The standard InChI is InChI=1S/C21H22ClN7O2/c1-24-21(31)28-17-11-14(7-8-16(17)22)27-20-26-12-15(18(23)30)19(29-20)25-10-9-13-5-3-2-4-6-13/h2-8,11-12H,9-10H2,1H3,(H2,23,30)(H2,24,28,31)(H2,25,26,27,29). The van der Waals surface area contributed by atoms with Crippen molar-refractivity contribution in [3.63, 3.8) is 0 Å². The molecule has 0 aliphatic carbocycles. The lowest BCUT2D eigenvalue weighted by Crippen LogP contribution is -2.24. The first-order valence-corrected chi connectivity index (χ1v) is 9.84. The molecule has 6 N–H and O–H groups in total. The zero-order valence-electron chi connectivity index (χ0n) is 16.8. The third-order valence-corrected chi connectivity index (χ3v) is 4.63. The Balaban J connectivity index is 1.76. The molecule has 0 saturated carbocycles. The maximum atomic E-state index is 11.8. The fourth-order valence-corrected chi connectivity index (χ4v) is 2.90. The van der Waals surface area contributed by atoms with Gasteiger partial charge in [0.25, 0.3) is 5.91 Å². The molecule has 0 radical (unpaired) electrons. The van der Waals surface area contributed by atoms with Crippen LogP contribution in [0, 0.1) is 0 Å². The minimum absolute atomic E-state index is 0.191. The van der Waals surface area contributed by atoms with Crippen LogP contribution in [0.25, 0.3) is 0 Å². The summed E-state index contributed by atoms with van der Waals surface area (Å²) >= 11 is 6.13. The Morgan fingerprint density at radius 2 is 1.90 bits per heavy atom. The fraction of sp³-hybridized carbons (Fsp3) is 0.143. The summed E-state index contributed by atoms with van der Waals surface area (Å²) in [5.74, 6) is -0.0450. The summed E-state index contributed by atoms with van der Waals surface area (Å²) in [6, 6.07) is 14.5. The second-order valence-electron chi connectivity index (χ2n) is 6.51. The van der Waals surface area contributed by atoms with Crippen LogP contribution < -0.4 is 27.0 Å². The minimum atomic E-state index is -0.627. The van der Waals surface area contributed by atoms with Gasteiger partial charge in [-0.2, -0.15) is 4.98 Å². The molecule has 0 fully saturated rings. The Morgan fingerprint density at radius 1 is 1.13 bits per heavy atom. The summed E-state index contributed by atoms with van der Waals surface area (Å²) in [6.45, 7) is 0.557. The molecular formula is C21H22ClN7O2. The number of nitrogens with two attached hydrogens (primary N) is 1. The summed E-state index contributed by atoms with van der Waals surface area (Å²) in [7, 11) is 1.51. The molecule has 10 heteroatoms. The molecule has 0 spiro atoms. The highest BCUT2D eigenvalue weighted by Gasteiger charge is 2.13. The van der Waals surface area contributed by atoms with Crippen LogP contribution in [0.2, 0.25) is 5.02 Å². The number of anilines is 4. The van der Waals surface area contributed by atoms with Crippen molar-refractivity contribution >= 4 is 46.7 Å². The van der Waals surface area contributed by atoms with Gasteiger partial charge in [0.2, 0.25) is 5.95 Å². The van der Waals surface area contributed by atoms with E-state index in [9.17, 15) is 9.59 Å². The van der Waals surface area contributed by atoms with Crippen LogP contribution in [0.4, 0.5) is 27.9 Å². The Morgan fingerprint density at radius 3 is 2.61 bits per heavy atom. The summed E-state index contributed by atoms with van der Waals surface area (Å²) in [5, 5.41) is 11.6. The lowest BCUT2D eigenvalue weighted by Gasteiger charge is -2.13. The van der Waals surface area contributed by atoms with Crippen LogP contribution in [-0.4, -0.2) is 35.5 Å². The minimum Gasteiger partial charge on any atom is -0.369 e. The van der Waals surface area contributed by atoms with Gasteiger partial charge in [-0.1, -0.05) is 41.9 Å². The van der Waals surface area contributed by atoms with E-state index in [4.69, 9.17) is 17.3 Å². The maximum absolute atomic E-state index is 11.8. The Labute approximate surface area is 184 Å². The first kappa shape index (κ1) is 21.8. The van der Waals surface area contributed by atoms with Crippen LogP contribution in [0.3, 0.4) is 0 Å². The molecule has 0 aliphatic heterocycles. The predicted molar refractivity (Wildman–Crippen MR) is 122 cm³/mol. The molecule has 3 amide bonds. The van der Waals surface area contributed by atoms with Crippen LogP contribution in [-0.2, 0) is 6.42 Å². The number of hydrogen-bond acceptors (Lipinski definition) is 6. The van der Waals surface area contributed by atoms with E-state index >= 15 is 0 Å². The van der Waals surface area contributed by atoms with Crippen molar-refractivity contribution in [2.24, 2.45) is 5.73 Å². The van der Waals surface area contributed by atoms with Crippen molar-refractivity contribution in [2.45, 2.75) is 6.42 Å². The molecule has 3 rings (SSSR count). The van der Waals surface area contributed by atoms with Crippen molar-refractivity contribution in [3.8, 4) is 0 Å². The number of hydrogen-bond donors (Lipinski definition) is 5. The van der Waals surface area contributed by atoms with Gasteiger partial charge in [0.15, 0.2) is 0 Å². The van der Waals surface area contributed by atoms with E-state index in [2.05, 4.69) is 31.2 Å². The summed E-state index contributed by atoms with van der Waals surface area (Å²) in [5.41, 5.74) is 7.81. The molecule has 2 aromatic carbocycles. The average Bonchev–Trinajstić information content (AvgIpc) is 2.76. The van der Waals surface area contributed by atoms with Gasteiger partial charge in [0, 0.05) is 25.5 Å². The lowest BCUT2D eigenvalue weighted by atomic mass is 10.1. The van der Waals surface area contributed by atoms with Crippen LogP contribution in [0.5, 0.6) is 0 Å². The van der Waals surface area contributed by atoms with Gasteiger partial charge in [-0.25, -0.2) is 9.78 Å². The molecule has 0 atom stereocenters. The van der Waals surface area contributed by atoms with Gasteiger partial charge in [0.05, 0.1) is 16.3 Å². The summed E-state index contributed by atoms with van der Waals surface area (Å²) < 4.78 is 0. The molecule has 1 heterocycles. The van der Waals surface area contributed by atoms with Gasteiger partial charge < -0.3 is 27.0 Å². The number of aromatic nitrogens is 2. The summed E-state index contributed by atoms with van der Waals surface area (Å²) in [6.07, 6.45) is 2.11. The van der Waals surface area contributed by atoms with Crippen molar-refractivity contribution in [1.29, 1.82) is 0 Å². The van der Waals surface area contributed by atoms with E-state index in [1.807, 2.05) is 30.3 Å². The predicted octanol–water partition coefficient (Wildman–Crippen LogP) is 3.38. The Hall–Kier alpha value is -3.85. The summed E-state index contributed by atoms with van der Waals surface area (Å²) in [4.78, 5) is 31.9. The normalized spacial score (nSPS) is 10.3. The Bertz CT molecular complexity index is 1080. The van der Waals surface area contributed by atoms with Gasteiger partial charge in [-0.15, -0.1) is 0 Å². The molecule has 0 bridgehead atoms. The number of benzene rings is 2. The van der Waals surface area contributed by atoms with Gasteiger partial charge in [-0.05, 0) is 30.2 Å². The fourth-order valence-electron chi connectivity index (χ4n) is 2.74. The molecule has 0 unspecified atom stereocenters. The van der Waals surface area contributed by atoms with E-state index < -0.39 is 11.9 Å². The molecule has 31 heavy (non-hydrogen) atoms. The molecule has 160 valence electrons. The number of carbonyl (C=O) groups excluding carboxylic acids is 2. The Kier molecular flexibility index (Phi) is 7.23. The molecule has 0 aliphatic rings. The number of primary amides is 1. The van der Waals surface area contributed by atoms with Crippen molar-refractivity contribution in [3.05, 3.63) is 70.9 Å². The van der Waals surface area contributed by atoms with Crippen LogP contribution >= 0.6 is 11.6 Å². The number of rotatable bonds is 8. The number of urea groups is 1. The van der Waals surface area contributed by atoms with E-state index in [1.165, 1.54) is 13.2 Å². The molecule has 3 aromatic rings. The van der Waals surface area contributed by atoms with E-state index in [-0.39, 0.29) is 11.5 Å². The van der Waals surface area contributed by atoms with Gasteiger partial charge in [0.1, 0.15) is 5.82 Å². The third-order valence-electron chi connectivity index (χ3n) is 4.30. The van der Waals surface area contributed by atoms with E-state index in [1.54, 1.807) is 18.2 Å². The van der Waals surface area contributed by atoms with Gasteiger partial charge in [-0.3, -0.25) is 4.79 Å². The first-order valence-electron chi connectivity index (χ1n) is 9.46. The zero-order valence-corrected chi connectivity index (χ0v) is 17.5. The highest BCUT2D eigenvalue weighted by Crippen LogP contribution is 2.27. The maximum Gasteiger partial charge on any atom is 0.319 e. The topological polar surface area (TPSA) is 134 Å². The first-order chi connectivity index (χ1) is 15.0. The monoisotopic (exact) mass is 439 g/mol. The van der Waals surface area contributed by atoms with Crippen molar-refractivity contribution in [1.82, 2.24) is 15.3 Å². The number of amides is 3. The number of nitrogens with zero attached hydrogens (tertiary/aromatic N) is 2. The average molecular weight is 440 g/mol. The largest absolute Gasteiger partial charge is 0.369 e. The second kappa shape index (κ2) is 10.3. The second-order valence-corrected chi connectivity index (χ2v) is 6.91. The van der Waals surface area contributed by atoms with Crippen molar-refractivity contribution < 1.29 is 9.59 Å². The smallest absolute Gasteiger partial charge is 0.319 e. The van der Waals surface area contributed by atoms with E-state index in [0.29, 0.717) is 28.8 Å². The number of halogens is 1. The van der Waals surface area contributed by atoms with Crippen LogP contribution in [0.15, 0.2) is 54.7 Å². The molecule has 9 nitrogen and oxygen atoms in total. The lowest BCUT2D eigenvalue weighted by molar-refractivity contribution is 0.100. The van der Waals surface area contributed by atoms with Gasteiger partial charge >= 0.3 is 6.03 Å².